The third-order valence-corrected chi connectivity index (χ3v) is 2.69. The second-order valence-corrected chi connectivity index (χ2v) is 5.06. The molecule has 0 fully saturated rings. The average molecular weight is 183 g/mol. The van der Waals surface area contributed by atoms with E-state index in [1.54, 1.807) is 0 Å². The number of halogens is 1. The summed E-state index contributed by atoms with van der Waals surface area (Å²) < 4.78 is 1.25. The van der Waals surface area contributed by atoms with Crippen molar-refractivity contribution in [2.75, 3.05) is 0 Å². The molecule has 0 atom stereocenters. The molecule has 0 bridgehead atoms. The molecule has 0 saturated carbocycles. The molecule has 2 heteroatoms. The molecule has 0 aromatic carbocycles. The standard InChI is InChI=1S/C2H5.ClH.Sn/c1-2;;/h1H2,2H3;1H;/q;;+1/p-1. The van der Waals surface area contributed by atoms with E-state index in [4.69, 9.17) is 8.92 Å². The molecule has 0 nitrogen and oxygen atoms in total. The van der Waals surface area contributed by atoms with Crippen molar-refractivity contribution >= 4 is 28.9 Å². The monoisotopic (exact) mass is 184 g/mol. The maximum absolute atomic E-state index is 5.36. The molecular weight excluding hydrogens is 178 g/mol. The van der Waals surface area contributed by atoms with Crippen molar-refractivity contribution in [2.24, 2.45) is 0 Å². The normalized spacial score (nSPS) is 7.50. The fourth-order valence-electron chi connectivity index (χ4n) is 0. The van der Waals surface area contributed by atoms with E-state index in [2.05, 4.69) is 6.92 Å². The fraction of sp³-hybridized carbons (Fsp3) is 1.00. The van der Waals surface area contributed by atoms with E-state index in [0.717, 1.165) is 0 Å². The Morgan fingerprint density at radius 3 is 2.25 bits per heavy atom. The Bertz CT molecular complexity index is 8.00. The van der Waals surface area contributed by atoms with Gasteiger partial charge in [0.1, 0.15) is 0 Å². The molecule has 4 heavy (non-hydrogen) atoms. The Morgan fingerprint density at radius 1 is 2.00 bits per heavy atom. The van der Waals surface area contributed by atoms with Gasteiger partial charge in [-0.15, -0.1) is 0 Å². The molecule has 0 heterocycles. The van der Waals surface area contributed by atoms with Crippen LogP contribution in [0.2, 0.25) is 4.44 Å². The molecule has 0 N–H and O–H groups in total. The zero-order valence-corrected chi connectivity index (χ0v) is 6.20. The first-order valence-electron chi connectivity index (χ1n) is 1.25. The van der Waals surface area contributed by atoms with Gasteiger partial charge >= 0.3 is 40.3 Å². The summed E-state index contributed by atoms with van der Waals surface area (Å²) in [6, 6.07) is 0. The average Bonchev–Trinajstić information content (AvgIpc) is 1.37. The Morgan fingerprint density at radius 2 is 2.25 bits per heavy atom. The van der Waals surface area contributed by atoms with Gasteiger partial charge in [0, 0.05) is 0 Å². The molecule has 0 aliphatic rings. The summed E-state index contributed by atoms with van der Waals surface area (Å²) in [5.74, 6) is 0. The van der Waals surface area contributed by atoms with E-state index in [1.807, 2.05) is 0 Å². The molecule has 2 radical (unpaired) electrons. The van der Waals surface area contributed by atoms with Gasteiger partial charge in [-0.2, -0.15) is 0 Å². The Labute approximate surface area is 40.5 Å². The number of hydrogen-bond acceptors (Lipinski definition) is 0. The molecule has 0 rings (SSSR count). The molecule has 0 aromatic rings. The minimum absolute atomic E-state index is 0.304. The summed E-state index contributed by atoms with van der Waals surface area (Å²) in [6.07, 6.45) is 0. The molecule has 24 valence electrons. The SMILES string of the molecule is C[CH2][Sn][Cl]. The molecule has 0 spiro atoms. The van der Waals surface area contributed by atoms with Gasteiger partial charge in [-0.05, 0) is 0 Å². The van der Waals surface area contributed by atoms with Crippen molar-refractivity contribution in [1.82, 2.24) is 0 Å². The van der Waals surface area contributed by atoms with Gasteiger partial charge in [0.05, 0.1) is 0 Å². The molecule has 0 aromatic heterocycles. The predicted octanol–water partition coefficient (Wildman–Crippen LogP) is 1.28. The fourth-order valence-corrected chi connectivity index (χ4v) is 0. The van der Waals surface area contributed by atoms with Crippen LogP contribution in [0, 0.1) is 0 Å². The minimum atomic E-state index is -0.304. The van der Waals surface area contributed by atoms with Crippen LogP contribution in [0.1, 0.15) is 6.92 Å². The van der Waals surface area contributed by atoms with Crippen LogP contribution in [0.3, 0.4) is 0 Å². The van der Waals surface area contributed by atoms with Crippen LogP contribution in [0.15, 0.2) is 0 Å². The summed E-state index contributed by atoms with van der Waals surface area (Å²) in [6.45, 7) is 2.12. The number of rotatable bonds is 1. The van der Waals surface area contributed by atoms with E-state index in [9.17, 15) is 0 Å². The van der Waals surface area contributed by atoms with Crippen molar-refractivity contribution in [2.45, 2.75) is 11.4 Å². The van der Waals surface area contributed by atoms with Gasteiger partial charge < -0.3 is 0 Å². The van der Waals surface area contributed by atoms with Crippen LogP contribution in [-0.4, -0.2) is 20.0 Å². The van der Waals surface area contributed by atoms with Crippen molar-refractivity contribution in [3.8, 4) is 0 Å². The molecule has 0 saturated heterocycles. The second-order valence-electron chi connectivity index (χ2n) is 0.487. The van der Waals surface area contributed by atoms with Crippen LogP contribution in [0.5, 0.6) is 0 Å². The van der Waals surface area contributed by atoms with E-state index in [-0.39, 0.29) is 20.0 Å². The van der Waals surface area contributed by atoms with Gasteiger partial charge in [0.25, 0.3) is 0 Å². The third-order valence-electron chi connectivity index (χ3n) is 0.134. The molecule has 0 aliphatic carbocycles. The summed E-state index contributed by atoms with van der Waals surface area (Å²) in [4.78, 5) is 0. The molecule has 0 aliphatic heterocycles. The molecular formula is C2H5ClSn. The van der Waals surface area contributed by atoms with E-state index in [0.29, 0.717) is 0 Å². The zero-order chi connectivity index (χ0) is 3.41. The van der Waals surface area contributed by atoms with E-state index in [1.165, 1.54) is 4.44 Å². The Kier molecular flexibility index (Phi) is 5.20. The number of hydrogen-bond donors (Lipinski definition) is 0. The van der Waals surface area contributed by atoms with E-state index >= 15 is 0 Å². The van der Waals surface area contributed by atoms with Gasteiger partial charge in [-0.3, -0.25) is 0 Å². The Hall–Kier alpha value is 1.09. The van der Waals surface area contributed by atoms with Crippen LogP contribution in [0.25, 0.3) is 0 Å². The van der Waals surface area contributed by atoms with Crippen LogP contribution in [0.4, 0.5) is 0 Å². The quantitative estimate of drug-likeness (QED) is 0.537. The Balaban J connectivity index is 1.97. The van der Waals surface area contributed by atoms with Crippen LogP contribution >= 0.6 is 8.92 Å². The first-order valence-corrected chi connectivity index (χ1v) is 6.88. The summed E-state index contributed by atoms with van der Waals surface area (Å²) >= 11 is -0.304. The third kappa shape index (κ3) is 3.09. The topological polar surface area (TPSA) is 0 Å². The van der Waals surface area contributed by atoms with Crippen molar-refractivity contribution in [3.63, 3.8) is 0 Å². The predicted molar refractivity (Wildman–Crippen MR) is 22.1 cm³/mol. The van der Waals surface area contributed by atoms with Crippen LogP contribution < -0.4 is 0 Å². The van der Waals surface area contributed by atoms with Gasteiger partial charge in [0.2, 0.25) is 0 Å². The van der Waals surface area contributed by atoms with Gasteiger partial charge in [-0.1, -0.05) is 0 Å². The molecule has 0 amide bonds. The van der Waals surface area contributed by atoms with Gasteiger partial charge in [0.15, 0.2) is 0 Å². The first kappa shape index (κ1) is 5.09. The molecule has 0 unspecified atom stereocenters. The zero-order valence-electron chi connectivity index (χ0n) is 2.59. The van der Waals surface area contributed by atoms with E-state index < -0.39 is 0 Å². The van der Waals surface area contributed by atoms with Crippen molar-refractivity contribution < 1.29 is 0 Å². The maximum atomic E-state index is 5.36. The van der Waals surface area contributed by atoms with Crippen molar-refractivity contribution in [1.29, 1.82) is 0 Å². The summed E-state index contributed by atoms with van der Waals surface area (Å²) in [7, 11) is 5.36. The van der Waals surface area contributed by atoms with Gasteiger partial charge in [-0.25, -0.2) is 0 Å². The van der Waals surface area contributed by atoms with Crippen LogP contribution in [-0.2, 0) is 0 Å². The summed E-state index contributed by atoms with van der Waals surface area (Å²) in [5, 5.41) is 0. The van der Waals surface area contributed by atoms with Crippen molar-refractivity contribution in [3.05, 3.63) is 0 Å². The first-order chi connectivity index (χ1) is 1.91. The summed E-state index contributed by atoms with van der Waals surface area (Å²) in [5.41, 5.74) is 0. The second kappa shape index (κ2) is 4.09.